The van der Waals surface area contributed by atoms with Gasteiger partial charge in [-0.2, -0.15) is 0 Å². The van der Waals surface area contributed by atoms with Gasteiger partial charge in [-0.25, -0.2) is 0 Å². The first-order valence-electron chi connectivity index (χ1n) is 2.54. The molecule has 0 atom stereocenters. The van der Waals surface area contributed by atoms with E-state index in [2.05, 4.69) is 9.78 Å². The first kappa shape index (κ1) is 4.49. The summed E-state index contributed by atoms with van der Waals surface area (Å²) in [4.78, 5) is 9.15. The lowest BCUT2D eigenvalue weighted by molar-refractivity contribution is -0.192. The molecule has 3 nitrogen and oxygen atoms in total. The molecule has 0 fully saturated rings. The van der Waals surface area contributed by atoms with Gasteiger partial charge in [0, 0.05) is 0 Å². The van der Waals surface area contributed by atoms with Gasteiger partial charge in [-0.05, 0) is 12.2 Å². The van der Waals surface area contributed by atoms with Crippen molar-refractivity contribution in [2.45, 2.75) is 0 Å². The Hall–Kier alpha value is -1.38. The van der Waals surface area contributed by atoms with Crippen LogP contribution in [0.1, 0.15) is 0 Å². The Morgan fingerprint density at radius 3 is 3.11 bits per heavy atom. The van der Waals surface area contributed by atoms with Crippen molar-refractivity contribution >= 4 is 0 Å². The monoisotopic (exact) mass is 124 g/mol. The highest BCUT2D eigenvalue weighted by molar-refractivity contribution is 5.27. The second-order valence-electron chi connectivity index (χ2n) is 1.64. The maximum atomic E-state index is 4.96. The molecule has 2 aliphatic rings. The number of hydrogen-bond acceptors (Lipinski definition) is 3. The van der Waals surface area contributed by atoms with E-state index in [-0.39, 0.29) is 0 Å². The summed E-state index contributed by atoms with van der Waals surface area (Å²) in [6, 6.07) is 0. The third kappa shape index (κ3) is 0.579. The molecule has 0 bridgehead atoms. The lowest BCUT2D eigenvalue weighted by Crippen LogP contribution is -1.90. The Balaban J connectivity index is 2.37. The topological polar surface area (TPSA) is 27.7 Å². The fourth-order valence-corrected chi connectivity index (χ4v) is 0.654. The summed E-state index contributed by atoms with van der Waals surface area (Å²) >= 11 is 0. The molecule has 0 aromatic heterocycles. The summed E-state index contributed by atoms with van der Waals surface area (Å²) in [6.07, 6.45) is 6.48. The molecular weight excluding hydrogens is 120 g/mol. The molecule has 3 heteroatoms. The Kier molecular flexibility index (Phi) is 0.773. The molecule has 0 aromatic carbocycles. The highest BCUT2D eigenvalue weighted by Crippen LogP contribution is 2.23. The zero-order chi connectivity index (χ0) is 6.10. The average molecular weight is 124 g/mol. The van der Waals surface area contributed by atoms with Crippen LogP contribution in [0.4, 0.5) is 0 Å². The maximum absolute atomic E-state index is 4.96. The molecule has 0 amide bonds. The summed E-state index contributed by atoms with van der Waals surface area (Å²) in [5.41, 5.74) is 0. The van der Waals surface area contributed by atoms with Gasteiger partial charge in [0.2, 0.25) is 11.5 Å². The van der Waals surface area contributed by atoms with Gasteiger partial charge in [0.05, 0.1) is 6.26 Å². The fraction of sp³-hybridized carbons (Fsp3) is 0. The predicted molar refractivity (Wildman–Crippen MR) is 28.6 cm³/mol. The van der Waals surface area contributed by atoms with Crippen LogP contribution in [0, 0.1) is 0 Å². The molecule has 2 aliphatic heterocycles. The molecule has 0 radical (unpaired) electrons. The standard InChI is InChI=1S/C6H4O3/c1-2-5-6(7-3-1)4-8-9-5/h1-4H. The minimum absolute atomic E-state index is 0.623. The van der Waals surface area contributed by atoms with Gasteiger partial charge in [-0.1, -0.05) is 0 Å². The van der Waals surface area contributed by atoms with Gasteiger partial charge in [-0.3, -0.25) is 9.78 Å². The minimum Gasteiger partial charge on any atom is -0.457 e. The highest BCUT2D eigenvalue weighted by Gasteiger charge is 2.17. The van der Waals surface area contributed by atoms with Crippen molar-refractivity contribution in [3.05, 3.63) is 36.2 Å². The quantitative estimate of drug-likeness (QED) is 0.454. The molecule has 0 saturated carbocycles. The van der Waals surface area contributed by atoms with Crippen molar-refractivity contribution in [3.63, 3.8) is 0 Å². The Morgan fingerprint density at radius 1 is 1.22 bits per heavy atom. The van der Waals surface area contributed by atoms with Crippen LogP contribution in [-0.2, 0) is 14.5 Å². The summed E-state index contributed by atoms with van der Waals surface area (Å²) < 4.78 is 4.96. The van der Waals surface area contributed by atoms with E-state index in [9.17, 15) is 0 Å². The van der Waals surface area contributed by atoms with Crippen LogP contribution in [0.15, 0.2) is 36.2 Å². The third-order valence-electron chi connectivity index (χ3n) is 1.06. The van der Waals surface area contributed by atoms with Gasteiger partial charge < -0.3 is 4.74 Å². The lowest BCUT2D eigenvalue weighted by Gasteiger charge is -2.01. The van der Waals surface area contributed by atoms with Crippen molar-refractivity contribution in [1.82, 2.24) is 0 Å². The molecule has 46 valence electrons. The van der Waals surface area contributed by atoms with E-state index >= 15 is 0 Å². The summed E-state index contributed by atoms with van der Waals surface area (Å²) in [7, 11) is 0. The molecule has 2 rings (SSSR count). The molecular formula is C6H4O3. The molecule has 0 spiro atoms. The van der Waals surface area contributed by atoms with Crippen LogP contribution in [0.3, 0.4) is 0 Å². The van der Waals surface area contributed by atoms with E-state index in [0.29, 0.717) is 11.5 Å². The Bertz CT molecular complexity index is 212. The van der Waals surface area contributed by atoms with Crippen LogP contribution in [0.2, 0.25) is 0 Å². The Labute approximate surface area is 51.8 Å². The predicted octanol–water partition coefficient (Wildman–Crippen LogP) is 1.22. The van der Waals surface area contributed by atoms with Gasteiger partial charge >= 0.3 is 0 Å². The molecule has 0 saturated heterocycles. The number of allylic oxidation sites excluding steroid dienone is 2. The van der Waals surface area contributed by atoms with Gasteiger partial charge in [0.15, 0.2) is 6.26 Å². The van der Waals surface area contributed by atoms with E-state index < -0.39 is 0 Å². The molecule has 0 aliphatic carbocycles. The van der Waals surface area contributed by atoms with E-state index in [1.807, 2.05) is 0 Å². The van der Waals surface area contributed by atoms with Gasteiger partial charge in [0.1, 0.15) is 0 Å². The van der Waals surface area contributed by atoms with E-state index in [4.69, 9.17) is 4.74 Å². The van der Waals surface area contributed by atoms with Crippen LogP contribution in [-0.4, -0.2) is 0 Å². The minimum atomic E-state index is 0.623. The maximum Gasteiger partial charge on any atom is 0.224 e. The second-order valence-corrected chi connectivity index (χ2v) is 1.64. The number of hydrogen-bond donors (Lipinski definition) is 0. The van der Waals surface area contributed by atoms with Crippen molar-refractivity contribution in [3.8, 4) is 0 Å². The summed E-state index contributed by atoms with van der Waals surface area (Å²) in [5.74, 6) is 1.25. The average Bonchev–Trinajstić information content (AvgIpc) is 2.33. The van der Waals surface area contributed by atoms with E-state index in [0.717, 1.165) is 0 Å². The normalized spacial score (nSPS) is 20.4. The van der Waals surface area contributed by atoms with Gasteiger partial charge in [0.25, 0.3) is 0 Å². The fourth-order valence-electron chi connectivity index (χ4n) is 0.654. The molecule has 0 unspecified atom stereocenters. The zero-order valence-corrected chi connectivity index (χ0v) is 4.53. The summed E-state index contributed by atoms with van der Waals surface area (Å²) in [5, 5.41) is 0. The molecule has 0 N–H and O–H groups in total. The largest absolute Gasteiger partial charge is 0.457 e. The second kappa shape index (κ2) is 1.55. The van der Waals surface area contributed by atoms with Crippen LogP contribution < -0.4 is 0 Å². The first-order valence-corrected chi connectivity index (χ1v) is 2.54. The summed E-state index contributed by atoms with van der Waals surface area (Å²) in [6.45, 7) is 0. The first-order chi connectivity index (χ1) is 4.47. The number of ether oxygens (including phenoxy) is 1. The highest BCUT2D eigenvalue weighted by atomic mass is 17.2. The zero-order valence-electron chi connectivity index (χ0n) is 4.53. The molecule has 9 heavy (non-hydrogen) atoms. The smallest absolute Gasteiger partial charge is 0.224 e. The van der Waals surface area contributed by atoms with Crippen molar-refractivity contribution in [2.75, 3.05) is 0 Å². The molecule has 2 heterocycles. The Morgan fingerprint density at radius 2 is 2.22 bits per heavy atom. The van der Waals surface area contributed by atoms with Crippen LogP contribution in [0.5, 0.6) is 0 Å². The van der Waals surface area contributed by atoms with Crippen LogP contribution >= 0.6 is 0 Å². The number of rotatable bonds is 0. The third-order valence-corrected chi connectivity index (χ3v) is 1.06. The molecule has 0 aromatic rings. The number of fused-ring (bicyclic) bond motifs is 1. The van der Waals surface area contributed by atoms with E-state index in [1.165, 1.54) is 6.26 Å². The van der Waals surface area contributed by atoms with Crippen molar-refractivity contribution < 1.29 is 14.5 Å². The van der Waals surface area contributed by atoms with E-state index in [1.54, 1.807) is 18.4 Å². The van der Waals surface area contributed by atoms with Gasteiger partial charge in [-0.15, -0.1) is 0 Å². The lowest BCUT2D eigenvalue weighted by atomic mass is 10.3. The SMILES string of the molecule is C1=COC2=COOC2=C1. The van der Waals surface area contributed by atoms with Crippen LogP contribution in [0.25, 0.3) is 0 Å². The van der Waals surface area contributed by atoms with Crippen molar-refractivity contribution in [2.24, 2.45) is 0 Å². The van der Waals surface area contributed by atoms with Crippen molar-refractivity contribution in [1.29, 1.82) is 0 Å².